The molecule has 4 N–H and O–H groups in total. The lowest BCUT2D eigenvalue weighted by atomic mass is 9.96. The fourth-order valence-electron chi connectivity index (χ4n) is 3.00. The van der Waals surface area contributed by atoms with Gasteiger partial charge in [-0.05, 0) is 6.92 Å². The fourth-order valence-corrected chi connectivity index (χ4v) is 3.00. The number of aromatic nitrogens is 3. The summed E-state index contributed by atoms with van der Waals surface area (Å²) in [6.07, 6.45) is 0.779. The lowest BCUT2D eigenvalue weighted by Crippen LogP contribution is -2.46. The highest BCUT2D eigenvalue weighted by Crippen LogP contribution is 2.42. The van der Waals surface area contributed by atoms with Crippen LogP contribution in [-0.2, 0) is 9.47 Å². The minimum Gasteiger partial charge on any atom is -0.394 e. The first-order valence-corrected chi connectivity index (χ1v) is 7.03. The first kappa shape index (κ1) is 15.8. The zero-order valence-corrected chi connectivity index (χ0v) is 12.7. The Morgan fingerprint density at radius 2 is 2.30 bits per heavy atom. The molecule has 0 spiro atoms. The van der Waals surface area contributed by atoms with E-state index in [1.165, 1.54) is 19.6 Å². The van der Waals surface area contributed by atoms with Crippen molar-refractivity contribution in [1.82, 2.24) is 14.5 Å². The molecule has 1 aliphatic rings. The molecule has 3 heterocycles. The van der Waals surface area contributed by atoms with E-state index in [1.807, 2.05) is 0 Å². The Kier molecular flexibility index (Phi) is 3.80. The molecule has 0 aliphatic carbocycles. The molecule has 0 radical (unpaired) electrons. The summed E-state index contributed by atoms with van der Waals surface area (Å²) in [4.78, 5) is 19.4. The van der Waals surface area contributed by atoms with Gasteiger partial charge < -0.3 is 30.0 Å². The van der Waals surface area contributed by atoms with Crippen molar-refractivity contribution < 1.29 is 24.5 Å². The second-order valence-corrected chi connectivity index (χ2v) is 5.61. The third-order valence-corrected chi connectivity index (χ3v) is 4.40. The maximum absolute atomic E-state index is 11.3. The molecular formula is C14H18N4O5. The third kappa shape index (κ3) is 2.12. The number of carbonyl (C=O) groups excluding carboxylic acids is 1. The number of rotatable bonds is 4. The number of hydrogen-bond acceptors (Lipinski definition) is 8. The highest BCUT2D eigenvalue weighted by Gasteiger charge is 2.54. The molecule has 0 aromatic carbocycles. The summed E-state index contributed by atoms with van der Waals surface area (Å²) in [5.74, 6) is 0.173. The second-order valence-electron chi connectivity index (χ2n) is 5.61. The van der Waals surface area contributed by atoms with Gasteiger partial charge in [-0.2, -0.15) is 0 Å². The molecule has 1 saturated heterocycles. The molecule has 0 bridgehead atoms. The number of fused-ring (bicyclic) bond motifs is 1. The van der Waals surface area contributed by atoms with Crippen molar-refractivity contribution in [3.8, 4) is 0 Å². The Hall–Kier alpha value is -2.07. The van der Waals surface area contributed by atoms with E-state index < -0.39 is 24.0 Å². The molecule has 1 fully saturated rings. The lowest BCUT2D eigenvalue weighted by molar-refractivity contribution is -0.118. The quantitative estimate of drug-likeness (QED) is 0.641. The largest absolute Gasteiger partial charge is 0.394 e. The van der Waals surface area contributed by atoms with Crippen LogP contribution in [0, 0.1) is 0 Å². The second kappa shape index (κ2) is 5.53. The van der Waals surface area contributed by atoms with Crippen LogP contribution in [0.5, 0.6) is 0 Å². The Bertz CT molecular complexity index is 748. The molecule has 0 saturated carbocycles. The molecule has 124 valence electrons. The number of aliphatic hydroxyl groups is 2. The van der Waals surface area contributed by atoms with Crippen LogP contribution in [0.2, 0.25) is 0 Å². The van der Waals surface area contributed by atoms with E-state index in [1.54, 1.807) is 11.5 Å². The van der Waals surface area contributed by atoms with Crippen LogP contribution in [-0.4, -0.2) is 62.6 Å². The number of carbonyl (C=O) groups is 1. The van der Waals surface area contributed by atoms with E-state index in [9.17, 15) is 15.0 Å². The van der Waals surface area contributed by atoms with E-state index in [0.29, 0.717) is 22.9 Å². The Morgan fingerprint density at radius 1 is 1.57 bits per heavy atom. The van der Waals surface area contributed by atoms with Crippen molar-refractivity contribution in [1.29, 1.82) is 0 Å². The average Bonchev–Trinajstić information content (AvgIpc) is 3.05. The Morgan fingerprint density at radius 3 is 2.91 bits per heavy atom. The number of anilines is 1. The molecule has 9 nitrogen and oxygen atoms in total. The van der Waals surface area contributed by atoms with Gasteiger partial charge in [-0.3, -0.25) is 4.79 Å². The maximum atomic E-state index is 11.3. The summed E-state index contributed by atoms with van der Waals surface area (Å²) >= 11 is 0. The molecule has 3 unspecified atom stereocenters. The van der Waals surface area contributed by atoms with Crippen LogP contribution in [0.4, 0.5) is 5.82 Å². The zero-order valence-electron chi connectivity index (χ0n) is 12.7. The van der Waals surface area contributed by atoms with Crippen molar-refractivity contribution in [3.63, 3.8) is 0 Å². The van der Waals surface area contributed by atoms with Crippen LogP contribution in [0.1, 0.15) is 23.5 Å². The third-order valence-electron chi connectivity index (χ3n) is 4.40. The average molecular weight is 322 g/mol. The summed E-state index contributed by atoms with van der Waals surface area (Å²) in [7, 11) is 1.44. The van der Waals surface area contributed by atoms with E-state index in [0.717, 1.165) is 0 Å². The molecule has 2 aromatic rings. The van der Waals surface area contributed by atoms with Crippen LogP contribution < -0.4 is 5.73 Å². The summed E-state index contributed by atoms with van der Waals surface area (Å²) in [6, 6.07) is 0. The summed E-state index contributed by atoms with van der Waals surface area (Å²) in [5, 5.41) is 20.2. The van der Waals surface area contributed by atoms with Gasteiger partial charge in [0, 0.05) is 18.9 Å². The predicted octanol–water partition coefficient (Wildman–Crippen LogP) is -0.518. The van der Waals surface area contributed by atoms with Crippen molar-refractivity contribution >= 4 is 23.1 Å². The van der Waals surface area contributed by atoms with Crippen LogP contribution in [0.3, 0.4) is 0 Å². The highest BCUT2D eigenvalue weighted by molar-refractivity contribution is 6.01. The fraction of sp³-hybridized carbons (Fsp3) is 0.500. The molecule has 23 heavy (non-hydrogen) atoms. The van der Waals surface area contributed by atoms with Gasteiger partial charge in [-0.25, -0.2) is 9.97 Å². The van der Waals surface area contributed by atoms with Gasteiger partial charge in [0.15, 0.2) is 12.5 Å². The van der Waals surface area contributed by atoms with Gasteiger partial charge in [-0.15, -0.1) is 0 Å². The number of aldehydes is 1. The topological polar surface area (TPSA) is 133 Å². The van der Waals surface area contributed by atoms with Gasteiger partial charge in [0.1, 0.15) is 35.6 Å². The summed E-state index contributed by atoms with van der Waals surface area (Å²) in [6.45, 7) is 1.29. The standard InChI is InChI=1S/C14H18N4O5/c1-14(22-2)10(21)8(5-20)23-13(14)18-3-7(4-19)9-11(15)16-6-17-12(9)18/h3-4,6,8,10,13,20-21H,5H2,1-2H3,(H2,15,16,17)/t8?,10?,13-,14?/m1/s1. The smallest absolute Gasteiger partial charge is 0.167 e. The number of aliphatic hydroxyl groups excluding tert-OH is 2. The minimum atomic E-state index is -1.14. The van der Waals surface area contributed by atoms with Crippen molar-refractivity contribution in [3.05, 3.63) is 18.1 Å². The van der Waals surface area contributed by atoms with E-state index in [4.69, 9.17) is 15.2 Å². The lowest BCUT2D eigenvalue weighted by Gasteiger charge is -2.31. The van der Waals surface area contributed by atoms with E-state index >= 15 is 0 Å². The molecule has 2 aromatic heterocycles. The van der Waals surface area contributed by atoms with Gasteiger partial charge in [0.05, 0.1) is 12.0 Å². The van der Waals surface area contributed by atoms with Gasteiger partial charge in [0.25, 0.3) is 0 Å². The molecular weight excluding hydrogens is 304 g/mol. The Balaban J connectivity index is 2.20. The molecule has 9 heteroatoms. The molecule has 0 amide bonds. The van der Waals surface area contributed by atoms with Gasteiger partial charge in [-0.1, -0.05) is 0 Å². The SMILES string of the molecule is COC1(C)C(O)C(CO)O[C@H]1n1cc(C=O)c2c(N)ncnc21. The van der Waals surface area contributed by atoms with Crippen molar-refractivity contribution in [2.24, 2.45) is 0 Å². The zero-order chi connectivity index (χ0) is 16.8. The maximum Gasteiger partial charge on any atom is 0.167 e. The Labute approximate surface area is 131 Å². The van der Waals surface area contributed by atoms with Gasteiger partial charge >= 0.3 is 0 Å². The minimum absolute atomic E-state index is 0.173. The highest BCUT2D eigenvalue weighted by atomic mass is 16.6. The van der Waals surface area contributed by atoms with Crippen LogP contribution >= 0.6 is 0 Å². The number of methoxy groups -OCH3 is 1. The summed E-state index contributed by atoms with van der Waals surface area (Å²) < 4.78 is 12.8. The molecule has 1 aliphatic heterocycles. The van der Waals surface area contributed by atoms with Crippen LogP contribution in [0.15, 0.2) is 12.5 Å². The predicted molar refractivity (Wildman–Crippen MR) is 79.7 cm³/mol. The van der Waals surface area contributed by atoms with Gasteiger partial charge in [0.2, 0.25) is 0 Å². The first-order valence-electron chi connectivity index (χ1n) is 7.03. The van der Waals surface area contributed by atoms with Crippen molar-refractivity contribution in [2.45, 2.75) is 31.0 Å². The number of nitrogens with two attached hydrogens (primary N) is 1. The number of ether oxygens (including phenoxy) is 2. The first-order chi connectivity index (χ1) is 11.0. The molecule has 4 atom stereocenters. The van der Waals surface area contributed by atoms with E-state index in [-0.39, 0.29) is 12.4 Å². The number of hydrogen-bond donors (Lipinski definition) is 3. The number of nitrogen functional groups attached to an aromatic ring is 1. The summed E-state index contributed by atoms with van der Waals surface area (Å²) in [5.41, 5.74) is 5.40. The number of nitrogens with zero attached hydrogens (tertiary/aromatic N) is 3. The van der Waals surface area contributed by atoms with E-state index in [2.05, 4.69) is 9.97 Å². The molecule has 3 rings (SSSR count). The monoisotopic (exact) mass is 322 g/mol. The van der Waals surface area contributed by atoms with Crippen molar-refractivity contribution in [2.75, 3.05) is 19.5 Å². The van der Waals surface area contributed by atoms with Crippen LogP contribution in [0.25, 0.3) is 11.0 Å². The normalized spacial score (nSPS) is 30.9.